The lowest BCUT2D eigenvalue weighted by molar-refractivity contribution is 0.0689. The highest BCUT2D eigenvalue weighted by Gasteiger charge is 2.13. The van der Waals surface area contributed by atoms with Crippen molar-refractivity contribution >= 4 is 17.8 Å². The Morgan fingerprint density at radius 2 is 1.90 bits per heavy atom. The van der Waals surface area contributed by atoms with E-state index in [0.29, 0.717) is 11.9 Å². The van der Waals surface area contributed by atoms with Crippen LogP contribution in [-0.2, 0) is 6.54 Å². The minimum absolute atomic E-state index is 0.0269. The third-order valence-corrected chi connectivity index (χ3v) is 2.61. The average molecular weight is 289 g/mol. The Balaban J connectivity index is 2.11. The Morgan fingerprint density at radius 1 is 1.24 bits per heavy atom. The summed E-state index contributed by atoms with van der Waals surface area (Å²) in [6.45, 7) is 4.84. The highest BCUT2D eigenvalue weighted by Crippen LogP contribution is 2.09. The number of rotatable bonds is 5. The maximum atomic E-state index is 12.0. The zero-order chi connectivity index (χ0) is 15.4. The molecule has 0 saturated heterocycles. The highest BCUT2D eigenvalue weighted by molar-refractivity contribution is 6.01. The molecule has 1 amide bonds. The quantitative estimate of drug-likeness (QED) is 0.858. The molecule has 0 aliphatic heterocycles. The van der Waals surface area contributed by atoms with E-state index in [0.717, 1.165) is 18.9 Å². The second-order valence-corrected chi connectivity index (χ2v) is 4.84. The Hall–Kier alpha value is -2.77. The average Bonchev–Trinajstić information content (AvgIpc) is 2.85. The van der Waals surface area contributed by atoms with Crippen molar-refractivity contribution in [1.82, 2.24) is 19.5 Å². The number of aromatic nitrogens is 4. The van der Waals surface area contributed by atoms with Gasteiger partial charge in [-0.1, -0.05) is 13.8 Å². The predicted octanol–water partition coefficient (Wildman–Crippen LogP) is 1.28. The molecule has 8 nitrogen and oxygen atoms in total. The van der Waals surface area contributed by atoms with Crippen molar-refractivity contribution in [2.24, 2.45) is 5.92 Å². The first-order valence-electron chi connectivity index (χ1n) is 6.35. The lowest BCUT2D eigenvalue weighted by atomic mass is 10.2. The van der Waals surface area contributed by atoms with Crippen LogP contribution in [0, 0.1) is 5.92 Å². The van der Waals surface area contributed by atoms with Crippen LogP contribution in [0.25, 0.3) is 0 Å². The summed E-state index contributed by atoms with van der Waals surface area (Å²) in [6, 6.07) is 0. The van der Waals surface area contributed by atoms with Gasteiger partial charge in [0.2, 0.25) is 5.95 Å². The van der Waals surface area contributed by atoms with Crippen molar-refractivity contribution in [2.75, 3.05) is 5.32 Å². The van der Waals surface area contributed by atoms with Crippen LogP contribution in [0.4, 0.5) is 5.95 Å². The zero-order valence-corrected chi connectivity index (χ0v) is 11.6. The molecule has 0 radical (unpaired) electrons. The largest absolute Gasteiger partial charge is 0.476 e. The van der Waals surface area contributed by atoms with Gasteiger partial charge in [0.1, 0.15) is 5.69 Å². The van der Waals surface area contributed by atoms with Crippen molar-refractivity contribution in [3.63, 3.8) is 0 Å². The fourth-order valence-electron chi connectivity index (χ4n) is 1.70. The summed E-state index contributed by atoms with van der Waals surface area (Å²) in [4.78, 5) is 34.2. The van der Waals surface area contributed by atoms with E-state index in [2.05, 4.69) is 34.1 Å². The van der Waals surface area contributed by atoms with Crippen LogP contribution in [0.15, 0.2) is 24.8 Å². The number of carbonyl (C=O) groups excluding carboxylic acids is 1. The van der Waals surface area contributed by atoms with Crippen LogP contribution >= 0.6 is 0 Å². The second-order valence-electron chi connectivity index (χ2n) is 4.84. The Bertz CT molecular complexity index is 648. The van der Waals surface area contributed by atoms with E-state index in [1.165, 1.54) is 0 Å². The van der Waals surface area contributed by atoms with E-state index in [-0.39, 0.29) is 11.4 Å². The second kappa shape index (κ2) is 6.12. The standard InChI is InChI=1S/C13H15N5O3/c1-8(2)7-18-4-3-14-13(18)17-11(19)9-5-16-10(6-15-9)12(20)21/h3-6,8H,7H2,1-2H3,(H,20,21)(H,14,17,19). The Morgan fingerprint density at radius 3 is 2.48 bits per heavy atom. The van der Waals surface area contributed by atoms with Gasteiger partial charge in [-0.15, -0.1) is 0 Å². The van der Waals surface area contributed by atoms with Gasteiger partial charge < -0.3 is 9.67 Å². The molecule has 0 aliphatic rings. The maximum Gasteiger partial charge on any atom is 0.356 e. The smallest absolute Gasteiger partial charge is 0.356 e. The number of carboxylic acid groups (broad SMARTS) is 1. The van der Waals surface area contributed by atoms with E-state index >= 15 is 0 Å². The molecule has 0 spiro atoms. The summed E-state index contributed by atoms with van der Waals surface area (Å²) in [6.07, 6.45) is 5.53. The number of nitrogens with one attached hydrogen (secondary N) is 1. The van der Waals surface area contributed by atoms with E-state index in [4.69, 9.17) is 5.11 Å². The molecule has 2 heterocycles. The summed E-state index contributed by atoms with van der Waals surface area (Å²) in [5, 5.41) is 11.3. The topological polar surface area (TPSA) is 110 Å². The van der Waals surface area contributed by atoms with Crippen molar-refractivity contribution in [3.05, 3.63) is 36.2 Å². The highest BCUT2D eigenvalue weighted by atomic mass is 16.4. The molecule has 0 atom stereocenters. The van der Waals surface area contributed by atoms with Gasteiger partial charge in [-0.05, 0) is 5.92 Å². The van der Waals surface area contributed by atoms with E-state index in [1.54, 1.807) is 12.4 Å². The van der Waals surface area contributed by atoms with Crippen LogP contribution in [0.3, 0.4) is 0 Å². The van der Waals surface area contributed by atoms with Crippen molar-refractivity contribution in [3.8, 4) is 0 Å². The van der Waals surface area contributed by atoms with Crippen LogP contribution < -0.4 is 5.32 Å². The van der Waals surface area contributed by atoms with E-state index < -0.39 is 11.9 Å². The molecule has 0 aromatic carbocycles. The fourth-order valence-corrected chi connectivity index (χ4v) is 1.70. The van der Waals surface area contributed by atoms with Gasteiger partial charge in [0, 0.05) is 18.9 Å². The molecule has 8 heteroatoms. The van der Waals surface area contributed by atoms with Gasteiger partial charge in [0.15, 0.2) is 5.69 Å². The summed E-state index contributed by atoms with van der Waals surface area (Å²) in [5.74, 6) is -0.861. The normalized spacial score (nSPS) is 10.6. The SMILES string of the molecule is CC(C)Cn1ccnc1NC(=O)c1cnc(C(=O)O)cn1. The minimum atomic E-state index is -1.19. The molecule has 0 bridgehead atoms. The van der Waals surface area contributed by atoms with Crippen molar-refractivity contribution < 1.29 is 14.7 Å². The first kappa shape index (κ1) is 14.6. The summed E-state index contributed by atoms with van der Waals surface area (Å²) in [5.41, 5.74) is -0.188. The van der Waals surface area contributed by atoms with Gasteiger partial charge in [0.25, 0.3) is 5.91 Å². The third kappa shape index (κ3) is 3.62. The minimum Gasteiger partial charge on any atom is -0.476 e. The predicted molar refractivity (Wildman–Crippen MR) is 74.0 cm³/mol. The Kier molecular flexibility index (Phi) is 4.27. The summed E-state index contributed by atoms with van der Waals surface area (Å²) >= 11 is 0. The molecule has 2 N–H and O–H groups in total. The maximum absolute atomic E-state index is 12.0. The van der Waals surface area contributed by atoms with Crippen LogP contribution in [0.2, 0.25) is 0 Å². The molecular formula is C13H15N5O3. The monoisotopic (exact) mass is 289 g/mol. The number of nitrogens with zero attached hydrogens (tertiary/aromatic N) is 4. The lowest BCUT2D eigenvalue weighted by Crippen LogP contribution is -2.19. The molecule has 110 valence electrons. The number of carbonyl (C=O) groups is 2. The molecular weight excluding hydrogens is 274 g/mol. The molecule has 0 unspecified atom stereocenters. The molecule has 2 rings (SSSR count). The number of imidazole rings is 1. The number of anilines is 1. The van der Waals surface area contributed by atoms with Crippen molar-refractivity contribution in [2.45, 2.75) is 20.4 Å². The molecule has 0 aliphatic carbocycles. The van der Waals surface area contributed by atoms with Gasteiger partial charge >= 0.3 is 5.97 Å². The van der Waals surface area contributed by atoms with Crippen molar-refractivity contribution in [1.29, 1.82) is 0 Å². The third-order valence-electron chi connectivity index (χ3n) is 2.61. The molecule has 0 saturated carbocycles. The molecule has 2 aromatic heterocycles. The number of hydrogen-bond acceptors (Lipinski definition) is 5. The fraction of sp³-hybridized carbons (Fsp3) is 0.308. The van der Waals surface area contributed by atoms with Gasteiger partial charge in [-0.3, -0.25) is 10.1 Å². The molecule has 0 fully saturated rings. The molecule has 2 aromatic rings. The number of amides is 1. The zero-order valence-electron chi connectivity index (χ0n) is 11.6. The number of aromatic carboxylic acids is 1. The van der Waals surface area contributed by atoms with Gasteiger partial charge in [-0.25, -0.2) is 19.7 Å². The van der Waals surface area contributed by atoms with Crippen LogP contribution in [-0.4, -0.2) is 36.5 Å². The Labute approximate surface area is 120 Å². The van der Waals surface area contributed by atoms with Gasteiger partial charge in [0.05, 0.1) is 12.4 Å². The van der Waals surface area contributed by atoms with E-state index in [1.807, 2.05) is 4.57 Å². The van der Waals surface area contributed by atoms with Crippen LogP contribution in [0.1, 0.15) is 34.8 Å². The van der Waals surface area contributed by atoms with Gasteiger partial charge in [-0.2, -0.15) is 0 Å². The van der Waals surface area contributed by atoms with E-state index in [9.17, 15) is 9.59 Å². The number of hydrogen-bond donors (Lipinski definition) is 2. The van der Waals surface area contributed by atoms with Crippen LogP contribution in [0.5, 0.6) is 0 Å². The summed E-state index contributed by atoms with van der Waals surface area (Å²) in [7, 11) is 0. The lowest BCUT2D eigenvalue weighted by Gasteiger charge is -2.10. The summed E-state index contributed by atoms with van der Waals surface area (Å²) < 4.78 is 1.82. The first-order chi connectivity index (χ1) is 9.97. The molecule has 21 heavy (non-hydrogen) atoms. The first-order valence-corrected chi connectivity index (χ1v) is 6.35. The number of carboxylic acids is 1.